The van der Waals surface area contributed by atoms with Gasteiger partial charge in [0.1, 0.15) is 12.4 Å². The van der Waals surface area contributed by atoms with E-state index in [-0.39, 0.29) is 22.4 Å². The van der Waals surface area contributed by atoms with Crippen LogP contribution in [-0.2, 0) is 13.7 Å². The van der Waals surface area contributed by atoms with Crippen LogP contribution in [0.15, 0.2) is 68.9 Å². The number of benzene rings is 1. The van der Waals surface area contributed by atoms with Gasteiger partial charge >= 0.3 is 0 Å². The van der Waals surface area contributed by atoms with Gasteiger partial charge in [0, 0.05) is 25.4 Å². The van der Waals surface area contributed by atoms with Gasteiger partial charge in [-0.05, 0) is 19.4 Å². The van der Waals surface area contributed by atoms with E-state index < -0.39 is 0 Å². The van der Waals surface area contributed by atoms with Crippen LogP contribution >= 0.6 is 0 Å². The van der Waals surface area contributed by atoms with Gasteiger partial charge in [0.15, 0.2) is 5.75 Å². The molecule has 0 radical (unpaired) electrons. The average Bonchev–Trinajstić information content (AvgIpc) is 2.64. The molecule has 0 saturated heterocycles. The van der Waals surface area contributed by atoms with E-state index >= 15 is 0 Å². The summed E-state index contributed by atoms with van der Waals surface area (Å²) in [4.78, 5) is 22.2. The van der Waals surface area contributed by atoms with Crippen LogP contribution in [0.5, 0.6) is 11.5 Å². The fourth-order valence-electron chi connectivity index (χ4n) is 2.12. The van der Waals surface area contributed by atoms with Crippen LogP contribution in [0.4, 0.5) is 0 Å². The topological polar surface area (TPSA) is 81.7 Å². The number of hydrogen-bond acceptors (Lipinski definition) is 5. The van der Waals surface area contributed by atoms with Gasteiger partial charge in [0.25, 0.3) is 0 Å². The molecule has 0 spiro atoms. The van der Waals surface area contributed by atoms with Crippen molar-refractivity contribution in [3.05, 3.63) is 92.4 Å². The van der Waals surface area contributed by atoms with Crippen LogP contribution in [0.1, 0.15) is 17.0 Å². The zero-order valence-corrected chi connectivity index (χ0v) is 14.9. The summed E-state index contributed by atoms with van der Waals surface area (Å²) in [6, 6.07) is 12.4. The standard InChI is InChI=1S/C13H12O3.C7H9NO2/c1-10-13(12(14)7-8-15-10)16-9-11-5-3-2-4-6-11;1-5-7(10)6(9)3-4-8(5)2/h2-8H,9H2,1H3;3-4,10H,1-2H3. The maximum absolute atomic E-state index is 11.5. The molecule has 6 heteroatoms. The van der Waals surface area contributed by atoms with Gasteiger partial charge in [-0.25, -0.2) is 0 Å². The highest BCUT2D eigenvalue weighted by molar-refractivity contribution is 5.25. The smallest absolute Gasteiger partial charge is 0.227 e. The molecule has 6 nitrogen and oxygen atoms in total. The Morgan fingerprint density at radius 1 is 1.04 bits per heavy atom. The zero-order chi connectivity index (χ0) is 19.1. The Hall–Kier alpha value is -3.28. The Kier molecular flexibility index (Phi) is 6.38. The molecule has 0 aliphatic heterocycles. The first kappa shape index (κ1) is 19.1. The third-order valence-electron chi connectivity index (χ3n) is 3.79. The summed E-state index contributed by atoms with van der Waals surface area (Å²) in [7, 11) is 1.77. The van der Waals surface area contributed by atoms with E-state index in [0.717, 1.165) is 5.56 Å². The van der Waals surface area contributed by atoms with Crippen LogP contribution in [0.3, 0.4) is 0 Å². The molecule has 2 aromatic heterocycles. The normalized spacial score (nSPS) is 9.96. The fraction of sp³-hybridized carbons (Fsp3) is 0.200. The number of ether oxygens (including phenoxy) is 1. The fourth-order valence-corrected chi connectivity index (χ4v) is 2.12. The summed E-state index contributed by atoms with van der Waals surface area (Å²) in [6.45, 7) is 3.77. The highest BCUT2D eigenvalue weighted by atomic mass is 16.5. The maximum Gasteiger partial charge on any atom is 0.227 e. The summed E-state index contributed by atoms with van der Waals surface area (Å²) in [6.07, 6.45) is 2.99. The van der Waals surface area contributed by atoms with Gasteiger partial charge in [0.05, 0.1) is 12.0 Å². The molecular weight excluding hydrogens is 334 g/mol. The Morgan fingerprint density at radius 2 is 1.73 bits per heavy atom. The van der Waals surface area contributed by atoms with Gasteiger partial charge in [-0.2, -0.15) is 0 Å². The maximum atomic E-state index is 11.5. The van der Waals surface area contributed by atoms with Gasteiger partial charge in [-0.15, -0.1) is 0 Å². The molecule has 1 aromatic carbocycles. The average molecular weight is 355 g/mol. The second-order valence-electron chi connectivity index (χ2n) is 5.67. The molecule has 2 heterocycles. The number of aromatic nitrogens is 1. The number of nitrogens with zero attached hydrogens (tertiary/aromatic N) is 1. The summed E-state index contributed by atoms with van der Waals surface area (Å²) >= 11 is 0. The zero-order valence-electron chi connectivity index (χ0n) is 14.9. The number of pyridine rings is 1. The second kappa shape index (κ2) is 8.71. The Bertz CT molecular complexity index is 973. The van der Waals surface area contributed by atoms with Crippen molar-refractivity contribution in [2.45, 2.75) is 20.5 Å². The highest BCUT2D eigenvalue weighted by Crippen LogP contribution is 2.12. The third kappa shape index (κ3) is 4.86. The highest BCUT2D eigenvalue weighted by Gasteiger charge is 2.06. The molecule has 0 unspecified atom stereocenters. The Morgan fingerprint density at radius 3 is 2.35 bits per heavy atom. The van der Waals surface area contributed by atoms with Crippen molar-refractivity contribution >= 4 is 0 Å². The summed E-state index contributed by atoms with van der Waals surface area (Å²) in [5.74, 6) is 0.625. The predicted molar refractivity (Wildman–Crippen MR) is 98.6 cm³/mol. The third-order valence-corrected chi connectivity index (χ3v) is 3.79. The van der Waals surface area contributed by atoms with Crippen molar-refractivity contribution < 1.29 is 14.3 Å². The van der Waals surface area contributed by atoms with Crippen LogP contribution in [0.2, 0.25) is 0 Å². The number of aryl methyl sites for hydroxylation is 2. The molecule has 3 rings (SSSR count). The van der Waals surface area contributed by atoms with Crippen molar-refractivity contribution in [3.63, 3.8) is 0 Å². The molecule has 0 fully saturated rings. The van der Waals surface area contributed by atoms with E-state index in [4.69, 9.17) is 14.3 Å². The quantitative estimate of drug-likeness (QED) is 0.781. The number of hydrogen-bond donors (Lipinski definition) is 1. The Labute approximate surface area is 150 Å². The lowest BCUT2D eigenvalue weighted by molar-refractivity contribution is 0.286. The predicted octanol–water partition coefficient (Wildman–Crippen LogP) is 2.93. The first-order valence-corrected chi connectivity index (χ1v) is 8.00. The van der Waals surface area contributed by atoms with Crippen molar-refractivity contribution in [3.8, 4) is 11.5 Å². The lowest BCUT2D eigenvalue weighted by atomic mass is 10.2. The molecular formula is C20H21NO5. The minimum Gasteiger partial charge on any atom is -0.503 e. The van der Waals surface area contributed by atoms with E-state index in [2.05, 4.69) is 0 Å². The van der Waals surface area contributed by atoms with Gasteiger partial charge in [-0.3, -0.25) is 9.59 Å². The van der Waals surface area contributed by atoms with Gasteiger partial charge in [-0.1, -0.05) is 30.3 Å². The molecule has 0 aliphatic carbocycles. The summed E-state index contributed by atoms with van der Waals surface area (Å²) in [5.41, 5.74) is 1.13. The van der Waals surface area contributed by atoms with Crippen molar-refractivity contribution in [2.24, 2.45) is 7.05 Å². The lowest BCUT2D eigenvalue weighted by Gasteiger charge is -2.06. The second-order valence-corrected chi connectivity index (χ2v) is 5.67. The monoisotopic (exact) mass is 355 g/mol. The van der Waals surface area contributed by atoms with E-state index in [1.54, 1.807) is 31.7 Å². The largest absolute Gasteiger partial charge is 0.503 e. The SMILES string of the molecule is Cc1c(O)c(=O)ccn1C.Cc1occc(=O)c1OCc1ccccc1. The lowest BCUT2D eigenvalue weighted by Crippen LogP contribution is -2.08. The number of aromatic hydroxyl groups is 1. The van der Waals surface area contributed by atoms with Crippen LogP contribution in [0.25, 0.3) is 0 Å². The van der Waals surface area contributed by atoms with Gasteiger partial charge < -0.3 is 18.8 Å². The first-order chi connectivity index (χ1) is 12.4. The summed E-state index contributed by atoms with van der Waals surface area (Å²) < 4.78 is 12.2. The van der Waals surface area contributed by atoms with E-state index in [1.165, 1.54) is 18.4 Å². The van der Waals surface area contributed by atoms with Crippen molar-refractivity contribution in [2.75, 3.05) is 0 Å². The minimum atomic E-state index is -0.324. The Balaban J connectivity index is 0.000000209. The molecule has 3 aromatic rings. The van der Waals surface area contributed by atoms with Crippen LogP contribution < -0.4 is 15.6 Å². The molecule has 0 aliphatic rings. The van der Waals surface area contributed by atoms with E-state index in [0.29, 0.717) is 18.1 Å². The molecule has 0 bridgehead atoms. The minimum absolute atomic E-state index is 0.153. The van der Waals surface area contributed by atoms with Crippen LogP contribution in [-0.4, -0.2) is 9.67 Å². The molecule has 0 amide bonds. The summed E-state index contributed by atoms with van der Waals surface area (Å²) in [5, 5.41) is 9.05. The first-order valence-electron chi connectivity index (χ1n) is 8.00. The molecule has 0 atom stereocenters. The molecule has 136 valence electrons. The van der Waals surface area contributed by atoms with Crippen molar-refractivity contribution in [1.29, 1.82) is 0 Å². The van der Waals surface area contributed by atoms with Crippen LogP contribution in [0, 0.1) is 13.8 Å². The van der Waals surface area contributed by atoms with E-state index in [9.17, 15) is 9.59 Å². The molecule has 26 heavy (non-hydrogen) atoms. The molecule has 0 saturated carbocycles. The van der Waals surface area contributed by atoms with Gasteiger partial charge in [0.2, 0.25) is 16.6 Å². The molecule has 1 N–H and O–H groups in total. The number of rotatable bonds is 3. The van der Waals surface area contributed by atoms with Crippen molar-refractivity contribution in [1.82, 2.24) is 4.57 Å². The van der Waals surface area contributed by atoms with E-state index in [1.807, 2.05) is 30.3 Å².